The Morgan fingerprint density at radius 3 is 2.60 bits per heavy atom. The number of unbranched alkanes of at least 4 members (excludes halogenated alkanes) is 2. The second-order valence-corrected chi connectivity index (χ2v) is 7.06. The van der Waals surface area contributed by atoms with Crippen molar-refractivity contribution in [1.29, 1.82) is 0 Å². The first-order valence-corrected chi connectivity index (χ1v) is 8.06. The van der Waals surface area contributed by atoms with E-state index >= 15 is 0 Å². The number of carbonyl (C=O) groups excluding carboxylic acids is 1. The van der Waals surface area contributed by atoms with Gasteiger partial charge in [-0.2, -0.15) is 0 Å². The molecule has 1 amide bonds. The molecule has 1 heterocycles. The van der Waals surface area contributed by atoms with Crippen molar-refractivity contribution in [1.82, 2.24) is 4.90 Å². The first-order chi connectivity index (χ1) is 9.40. The molecule has 0 aromatic rings. The summed E-state index contributed by atoms with van der Waals surface area (Å²) in [5.74, 6) is 0. The molecular weight excluding hydrogens is 254 g/mol. The maximum absolute atomic E-state index is 12.4. The zero-order valence-electron chi connectivity index (χ0n) is 13.4. The summed E-state index contributed by atoms with van der Waals surface area (Å²) in [6.07, 6.45) is 7.21. The third kappa shape index (κ3) is 4.37. The molecule has 1 saturated heterocycles. The van der Waals surface area contributed by atoms with Crippen LogP contribution in [0.5, 0.6) is 0 Å². The van der Waals surface area contributed by atoms with Gasteiger partial charge in [0, 0.05) is 12.6 Å². The van der Waals surface area contributed by atoms with Crippen molar-refractivity contribution in [3.05, 3.63) is 0 Å². The minimum absolute atomic E-state index is 0.155. The summed E-state index contributed by atoms with van der Waals surface area (Å²) in [7, 11) is 0. The summed E-state index contributed by atoms with van der Waals surface area (Å²) < 4.78 is 11.2. The number of epoxide rings is 1. The molecular formula is C16H29NO3. The zero-order chi connectivity index (χ0) is 14.8. The summed E-state index contributed by atoms with van der Waals surface area (Å²) in [6, 6.07) is 0.297. The van der Waals surface area contributed by atoms with E-state index in [-0.39, 0.29) is 6.09 Å². The molecule has 20 heavy (non-hydrogen) atoms. The molecule has 1 aliphatic carbocycles. The van der Waals surface area contributed by atoms with E-state index in [1.807, 2.05) is 25.7 Å². The molecule has 0 spiro atoms. The Morgan fingerprint density at radius 2 is 2.00 bits per heavy atom. The first-order valence-electron chi connectivity index (χ1n) is 8.06. The van der Waals surface area contributed by atoms with Crippen molar-refractivity contribution in [3.63, 3.8) is 0 Å². The van der Waals surface area contributed by atoms with Crippen molar-refractivity contribution in [2.45, 2.75) is 90.1 Å². The van der Waals surface area contributed by atoms with Gasteiger partial charge in [-0.1, -0.05) is 19.8 Å². The number of fused-ring (bicyclic) bond motifs is 1. The van der Waals surface area contributed by atoms with Crippen molar-refractivity contribution in [2.24, 2.45) is 0 Å². The molecule has 0 radical (unpaired) electrons. The summed E-state index contributed by atoms with van der Waals surface area (Å²) in [5.41, 5.74) is -0.423. The van der Waals surface area contributed by atoms with Gasteiger partial charge in [-0.15, -0.1) is 0 Å². The van der Waals surface area contributed by atoms with E-state index in [4.69, 9.17) is 9.47 Å². The molecule has 0 N–H and O–H groups in total. The van der Waals surface area contributed by atoms with E-state index in [1.165, 1.54) is 6.42 Å². The normalized spacial score (nSPS) is 28.7. The third-order valence-corrected chi connectivity index (χ3v) is 4.05. The Labute approximate surface area is 122 Å². The smallest absolute Gasteiger partial charge is 0.410 e. The fraction of sp³-hybridized carbons (Fsp3) is 0.938. The van der Waals surface area contributed by atoms with Gasteiger partial charge >= 0.3 is 6.09 Å². The molecule has 2 fully saturated rings. The molecule has 2 rings (SSSR count). The number of hydrogen-bond acceptors (Lipinski definition) is 3. The predicted molar refractivity (Wildman–Crippen MR) is 78.8 cm³/mol. The summed E-state index contributed by atoms with van der Waals surface area (Å²) in [5, 5.41) is 0. The second kappa shape index (κ2) is 6.33. The quantitative estimate of drug-likeness (QED) is 0.570. The molecule has 2 aliphatic rings. The average molecular weight is 283 g/mol. The van der Waals surface area contributed by atoms with Crippen LogP contribution in [0.2, 0.25) is 0 Å². The van der Waals surface area contributed by atoms with Crippen molar-refractivity contribution < 1.29 is 14.3 Å². The van der Waals surface area contributed by atoms with Crippen LogP contribution < -0.4 is 0 Å². The molecule has 1 saturated carbocycles. The predicted octanol–water partition coefficient (Wildman–Crippen LogP) is 3.73. The highest BCUT2D eigenvalue weighted by atomic mass is 16.6. The SMILES string of the molecule is CCCCCN(C(=O)OC(C)(C)C)C1CCC2OC2C1. The number of ether oxygens (including phenoxy) is 2. The first kappa shape index (κ1) is 15.6. The van der Waals surface area contributed by atoms with Gasteiger partial charge < -0.3 is 14.4 Å². The molecule has 0 bridgehead atoms. The van der Waals surface area contributed by atoms with Gasteiger partial charge in [-0.05, 0) is 46.5 Å². The monoisotopic (exact) mass is 283 g/mol. The van der Waals surface area contributed by atoms with Crippen LogP contribution in [0.25, 0.3) is 0 Å². The Bertz CT molecular complexity index is 337. The lowest BCUT2D eigenvalue weighted by molar-refractivity contribution is 0.0125. The van der Waals surface area contributed by atoms with E-state index in [0.29, 0.717) is 18.2 Å². The minimum Gasteiger partial charge on any atom is -0.444 e. The zero-order valence-corrected chi connectivity index (χ0v) is 13.4. The number of rotatable bonds is 5. The van der Waals surface area contributed by atoms with E-state index < -0.39 is 5.60 Å². The van der Waals surface area contributed by atoms with Gasteiger partial charge in [-0.25, -0.2) is 4.79 Å². The lowest BCUT2D eigenvalue weighted by Crippen LogP contribution is -2.45. The molecule has 4 nitrogen and oxygen atoms in total. The Hall–Kier alpha value is -0.770. The minimum atomic E-state index is -0.423. The average Bonchev–Trinajstić information content (AvgIpc) is 3.10. The van der Waals surface area contributed by atoms with E-state index in [1.54, 1.807) is 0 Å². The van der Waals surface area contributed by atoms with Gasteiger partial charge in [0.15, 0.2) is 0 Å². The maximum Gasteiger partial charge on any atom is 0.410 e. The van der Waals surface area contributed by atoms with Crippen molar-refractivity contribution in [2.75, 3.05) is 6.54 Å². The fourth-order valence-corrected chi connectivity index (χ4v) is 2.94. The fourth-order valence-electron chi connectivity index (χ4n) is 2.94. The maximum atomic E-state index is 12.4. The lowest BCUT2D eigenvalue weighted by atomic mass is 9.94. The molecule has 1 aliphatic heterocycles. The van der Waals surface area contributed by atoms with Crippen LogP contribution in [-0.2, 0) is 9.47 Å². The molecule has 4 heteroatoms. The Balaban J connectivity index is 1.93. The summed E-state index contributed by atoms with van der Waals surface area (Å²) in [6.45, 7) is 8.77. The summed E-state index contributed by atoms with van der Waals surface area (Å²) in [4.78, 5) is 14.4. The van der Waals surface area contributed by atoms with Crippen LogP contribution in [0.1, 0.15) is 66.2 Å². The highest BCUT2D eigenvalue weighted by molar-refractivity contribution is 5.68. The van der Waals surface area contributed by atoms with Crippen LogP contribution in [0.4, 0.5) is 4.79 Å². The Kier molecular flexibility index (Phi) is 4.95. The Morgan fingerprint density at radius 1 is 1.25 bits per heavy atom. The van der Waals surface area contributed by atoms with E-state index in [2.05, 4.69) is 6.92 Å². The standard InChI is InChI=1S/C16H29NO3/c1-5-6-7-10-17(15(18)20-16(2,3)4)12-8-9-13-14(11-12)19-13/h12-14H,5-11H2,1-4H3. The topological polar surface area (TPSA) is 42.1 Å². The largest absolute Gasteiger partial charge is 0.444 e. The van der Waals surface area contributed by atoms with E-state index in [9.17, 15) is 4.79 Å². The van der Waals surface area contributed by atoms with Crippen molar-refractivity contribution >= 4 is 6.09 Å². The third-order valence-electron chi connectivity index (χ3n) is 4.05. The molecule has 3 unspecified atom stereocenters. The number of carbonyl (C=O) groups is 1. The van der Waals surface area contributed by atoms with Gasteiger partial charge in [0.25, 0.3) is 0 Å². The molecule has 0 aromatic heterocycles. The van der Waals surface area contributed by atoms with Gasteiger partial charge in [0.2, 0.25) is 0 Å². The molecule has 3 atom stereocenters. The highest BCUT2D eigenvalue weighted by Gasteiger charge is 2.46. The van der Waals surface area contributed by atoms with Gasteiger partial charge in [0.1, 0.15) is 5.60 Å². The molecule has 116 valence electrons. The van der Waals surface area contributed by atoms with Crippen LogP contribution >= 0.6 is 0 Å². The van der Waals surface area contributed by atoms with Crippen molar-refractivity contribution in [3.8, 4) is 0 Å². The second-order valence-electron chi connectivity index (χ2n) is 7.06. The van der Waals surface area contributed by atoms with Crippen LogP contribution in [-0.4, -0.2) is 41.4 Å². The van der Waals surface area contributed by atoms with Crippen LogP contribution in [0.3, 0.4) is 0 Å². The number of amides is 1. The van der Waals surface area contributed by atoms with Gasteiger partial charge in [-0.3, -0.25) is 0 Å². The van der Waals surface area contributed by atoms with Crippen LogP contribution in [0.15, 0.2) is 0 Å². The molecule has 0 aromatic carbocycles. The lowest BCUT2D eigenvalue weighted by Gasteiger charge is -2.34. The highest BCUT2D eigenvalue weighted by Crippen LogP contribution is 2.38. The van der Waals surface area contributed by atoms with E-state index in [0.717, 1.165) is 38.6 Å². The number of hydrogen-bond donors (Lipinski definition) is 0. The number of nitrogens with zero attached hydrogens (tertiary/aromatic N) is 1. The van der Waals surface area contributed by atoms with Crippen LogP contribution in [0, 0.1) is 0 Å². The van der Waals surface area contributed by atoms with Gasteiger partial charge in [0.05, 0.1) is 12.2 Å². The summed E-state index contributed by atoms with van der Waals surface area (Å²) >= 11 is 0.